The molecule has 5 nitrogen and oxygen atoms in total. The molecule has 3 rings (SSSR count). The molecular formula is C21H25N3O2. The summed E-state index contributed by atoms with van der Waals surface area (Å²) in [5.74, 6) is 1.06. The largest absolute Gasteiger partial charge is 0.463 e. The summed E-state index contributed by atoms with van der Waals surface area (Å²) in [4.78, 5) is 12.8. The zero-order chi connectivity index (χ0) is 18.7. The van der Waals surface area contributed by atoms with E-state index in [1.165, 1.54) is 0 Å². The molecule has 1 aromatic carbocycles. The average molecular weight is 351 g/mol. The van der Waals surface area contributed by atoms with Crippen LogP contribution in [0.2, 0.25) is 0 Å². The van der Waals surface area contributed by atoms with E-state index in [2.05, 4.69) is 30.3 Å². The fraction of sp³-hybridized carbons (Fsp3) is 0.333. The van der Waals surface area contributed by atoms with Crippen LogP contribution in [0.3, 0.4) is 0 Å². The number of carbonyl (C=O) groups is 1. The van der Waals surface area contributed by atoms with Crippen molar-refractivity contribution in [3.63, 3.8) is 0 Å². The van der Waals surface area contributed by atoms with E-state index < -0.39 is 0 Å². The number of hydrogen-bond acceptors (Lipinski definition) is 3. The molecule has 0 aliphatic heterocycles. The van der Waals surface area contributed by atoms with Gasteiger partial charge in [-0.25, -0.2) is 4.68 Å². The third-order valence-corrected chi connectivity index (χ3v) is 4.32. The molecule has 0 saturated carbocycles. The predicted molar refractivity (Wildman–Crippen MR) is 103 cm³/mol. The highest BCUT2D eigenvalue weighted by Gasteiger charge is 2.19. The number of carbonyl (C=O) groups excluding carboxylic acids is 1. The zero-order valence-corrected chi connectivity index (χ0v) is 15.7. The summed E-state index contributed by atoms with van der Waals surface area (Å²) in [5, 5.41) is 7.65. The molecule has 0 aliphatic carbocycles. The number of benzene rings is 1. The van der Waals surface area contributed by atoms with Crippen LogP contribution in [0.25, 0.3) is 17.1 Å². The Kier molecular flexibility index (Phi) is 5.26. The Morgan fingerprint density at radius 3 is 2.73 bits per heavy atom. The number of aromatic nitrogens is 2. The van der Waals surface area contributed by atoms with Crippen LogP contribution < -0.4 is 5.32 Å². The fourth-order valence-corrected chi connectivity index (χ4v) is 2.78. The van der Waals surface area contributed by atoms with E-state index >= 15 is 0 Å². The minimum Gasteiger partial charge on any atom is -0.463 e. The minimum absolute atomic E-state index is 0.128. The maximum Gasteiger partial charge on any atom is 0.270 e. The van der Waals surface area contributed by atoms with Crippen molar-refractivity contribution in [3.05, 3.63) is 59.5 Å². The van der Waals surface area contributed by atoms with Gasteiger partial charge in [0.1, 0.15) is 11.4 Å². The van der Waals surface area contributed by atoms with Crippen molar-refractivity contribution in [1.82, 2.24) is 15.1 Å². The molecule has 3 aromatic rings. The second kappa shape index (κ2) is 7.60. The molecule has 0 fully saturated rings. The highest BCUT2D eigenvalue weighted by Crippen LogP contribution is 2.24. The fourth-order valence-electron chi connectivity index (χ4n) is 2.78. The first-order valence-corrected chi connectivity index (χ1v) is 8.95. The van der Waals surface area contributed by atoms with Crippen LogP contribution >= 0.6 is 0 Å². The minimum atomic E-state index is -0.128. The number of amides is 1. The topological polar surface area (TPSA) is 60.1 Å². The molecule has 136 valence electrons. The third-order valence-electron chi connectivity index (χ3n) is 4.32. The van der Waals surface area contributed by atoms with E-state index in [9.17, 15) is 4.79 Å². The second-order valence-electron chi connectivity index (χ2n) is 7.03. The molecule has 26 heavy (non-hydrogen) atoms. The molecular weight excluding hydrogens is 326 g/mol. The van der Waals surface area contributed by atoms with Crippen molar-refractivity contribution < 1.29 is 9.21 Å². The molecule has 5 heteroatoms. The van der Waals surface area contributed by atoms with Crippen LogP contribution in [-0.4, -0.2) is 22.2 Å². The van der Waals surface area contributed by atoms with E-state index in [-0.39, 0.29) is 5.91 Å². The average Bonchev–Trinajstić information content (AvgIpc) is 3.25. The Hall–Kier alpha value is -2.82. The van der Waals surface area contributed by atoms with Gasteiger partial charge in [-0.2, -0.15) is 5.10 Å². The molecule has 0 saturated heterocycles. The zero-order valence-electron chi connectivity index (χ0n) is 15.7. The van der Waals surface area contributed by atoms with Gasteiger partial charge in [0.25, 0.3) is 5.91 Å². The summed E-state index contributed by atoms with van der Waals surface area (Å²) in [6.07, 6.45) is 2.54. The lowest BCUT2D eigenvalue weighted by Gasteiger charge is -2.12. The van der Waals surface area contributed by atoms with Gasteiger partial charge in [-0.05, 0) is 55.5 Å². The molecule has 0 atom stereocenters. The van der Waals surface area contributed by atoms with Gasteiger partial charge >= 0.3 is 0 Å². The molecule has 0 bridgehead atoms. The first-order chi connectivity index (χ1) is 12.5. The summed E-state index contributed by atoms with van der Waals surface area (Å²) in [6.45, 7) is 8.97. The summed E-state index contributed by atoms with van der Waals surface area (Å²) in [6, 6.07) is 11.6. The van der Waals surface area contributed by atoms with E-state index in [1.54, 1.807) is 17.0 Å². The third kappa shape index (κ3) is 3.87. The molecule has 2 aromatic heterocycles. The van der Waals surface area contributed by atoms with E-state index in [1.807, 2.05) is 38.1 Å². The first kappa shape index (κ1) is 18.0. The SMILES string of the molecule is Cc1ccc(C)c(-n2nc(-c3ccco3)cc2C(=O)NCCC(C)C)c1. The quantitative estimate of drug-likeness (QED) is 0.710. The normalized spacial score (nSPS) is 11.1. The number of nitrogens with zero attached hydrogens (tertiary/aromatic N) is 2. The summed E-state index contributed by atoms with van der Waals surface area (Å²) in [5.41, 5.74) is 4.23. The Labute approximate surface area is 154 Å². The lowest BCUT2D eigenvalue weighted by Crippen LogP contribution is -2.27. The van der Waals surface area contributed by atoms with Gasteiger partial charge in [0.2, 0.25) is 0 Å². The van der Waals surface area contributed by atoms with Crippen molar-refractivity contribution >= 4 is 5.91 Å². The Morgan fingerprint density at radius 1 is 1.23 bits per heavy atom. The van der Waals surface area contributed by atoms with Gasteiger partial charge in [0.15, 0.2) is 5.76 Å². The number of hydrogen-bond donors (Lipinski definition) is 1. The van der Waals surface area contributed by atoms with Gasteiger partial charge < -0.3 is 9.73 Å². The molecule has 0 spiro atoms. The highest BCUT2D eigenvalue weighted by atomic mass is 16.3. The van der Waals surface area contributed by atoms with Crippen LogP contribution in [0.5, 0.6) is 0 Å². The summed E-state index contributed by atoms with van der Waals surface area (Å²) in [7, 11) is 0. The second-order valence-corrected chi connectivity index (χ2v) is 7.03. The smallest absolute Gasteiger partial charge is 0.270 e. The van der Waals surface area contributed by atoms with Crippen molar-refractivity contribution in [2.75, 3.05) is 6.54 Å². The van der Waals surface area contributed by atoms with Crippen LogP contribution in [0.4, 0.5) is 0 Å². The molecule has 0 radical (unpaired) electrons. The van der Waals surface area contributed by atoms with E-state index in [4.69, 9.17) is 4.42 Å². The maximum absolute atomic E-state index is 12.8. The van der Waals surface area contributed by atoms with Crippen LogP contribution in [0, 0.1) is 19.8 Å². The molecule has 2 heterocycles. The van der Waals surface area contributed by atoms with Crippen molar-refractivity contribution in [2.24, 2.45) is 5.92 Å². The van der Waals surface area contributed by atoms with Crippen LogP contribution in [0.1, 0.15) is 41.9 Å². The van der Waals surface area contributed by atoms with Crippen molar-refractivity contribution in [1.29, 1.82) is 0 Å². The van der Waals surface area contributed by atoms with Crippen molar-refractivity contribution in [2.45, 2.75) is 34.1 Å². The predicted octanol–water partition coefficient (Wildman–Crippen LogP) is 4.53. The standard InChI is InChI=1S/C21H25N3O2/c1-14(2)9-10-22-21(25)19-13-17(20-6-5-11-26-20)23-24(19)18-12-15(3)7-8-16(18)4/h5-8,11-14H,9-10H2,1-4H3,(H,22,25). The van der Waals surface area contributed by atoms with Crippen LogP contribution in [-0.2, 0) is 0 Å². The van der Waals surface area contributed by atoms with E-state index in [0.29, 0.717) is 29.6 Å². The Balaban J connectivity index is 2.01. The summed E-state index contributed by atoms with van der Waals surface area (Å²) < 4.78 is 7.18. The van der Waals surface area contributed by atoms with Crippen LogP contribution in [0.15, 0.2) is 47.1 Å². The number of furan rings is 1. The Morgan fingerprint density at radius 2 is 2.04 bits per heavy atom. The van der Waals surface area contributed by atoms with Gasteiger partial charge in [0.05, 0.1) is 12.0 Å². The lowest BCUT2D eigenvalue weighted by atomic mass is 10.1. The number of aryl methyl sites for hydroxylation is 2. The first-order valence-electron chi connectivity index (χ1n) is 8.95. The summed E-state index contributed by atoms with van der Waals surface area (Å²) >= 11 is 0. The highest BCUT2D eigenvalue weighted by molar-refractivity contribution is 5.94. The van der Waals surface area contributed by atoms with E-state index in [0.717, 1.165) is 23.2 Å². The molecule has 1 N–H and O–H groups in total. The monoisotopic (exact) mass is 351 g/mol. The Bertz CT molecular complexity index is 892. The van der Waals surface area contributed by atoms with Gasteiger partial charge in [-0.1, -0.05) is 26.0 Å². The molecule has 1 amide bonds. The lowest BCUT2D eigenvalue weighted by molar-refractivity contribution is 0.0944. The van der Waals surface area contributed by atoms with Gasteiger partial charge in [0, 0.05) is 12.6 Å². The number of rotatable bonds is 6. The van der Waals surface area contributed by atoms with Crippen molar-refractivity contribution in [3.8, 4) is 17.1 Å². The molecule has 0 unspecified atom stereocenters. The maximum atomic E-state index is 12.8. The molecule has 0 aliphatic rings. The van der Waals surface area contributed by atoms with Gasteiger partial charge in [-0.15, -0.1) is 0 Å². The van der Waals surface area contributed by atoms with Gasteiger partial charge in [-0.3, -0.25) is 4.79 Å². The number of nitrogens with one attached hydrogen (secondary N) is 1.